The van der Waals surface area contributed by atoms with E-state index in [1.807, 2.05) is 12.3 Å². The molecule has 0 aliphatic carbocycles. The number of carbonyl (C=O) groups excluding carboxylic acids is 1. The van der Waals surface area contributed by atoms with Crippen LogP contribution in [-0.2, 0) is 4.79 Å². The van der Waals surface area contributed by atoms with Crippen molar-refractivity contribution in [3.05, 3.63) is 36.0 Å². The molecule has 5 nitrogen and oxygen atoms in total. The fourth-order valence-corrected chi connectivity index (χ4v) is 4.65. The van der Waals surface area contributed by atoms with Crippen LogP contribution in [0.3, 0.4) is 0 Å². The van der Waals surface area contributed by atoms with Gasteiger partial charge in [0.25, 0.3) is 0 Å². The summed E-state index contributed by atoms with van der Waals surface area (Å²) in [5.74, 6) is 1.16. The van der Waals surface area contributed by atoms with Crippen LogP contribution in [0.2, 0.25) is 0 Å². The zero-order valence-electron chi connectivity index (χ0n) is 16.6. The minimum absolute atomic E-state index is 0.212. The van der Waals surface area contributed by atoms with E-state index in [9.17, 15) is 4.79 Å². The van der Waals surface area contributed by atoms with Crippen molar-refractivity contribution in [1.82, 2.24) is 15.2 Å². The van der Waals surface area contributed by atoms with E-state index >= 15 is 0 Å². The average Bonchev–Trinajstić information content (AvgIpc) is 3.21. The summed E-state index contributed by atoms with van der Waals surface area (Å²) in [5.41, 5.74) is 3.50. The molecule has 5 heteroatoms. The molecule has 1 aromatic carbocycles. The van der Waals surface area contributed by atoms with Gasteiger partial charge in [0.05, 0.1) is 11.6 Å². The second kappa shape index (κ2) is 7.47. The number of carbonyl (C=O) groups is 1. The zero-order chi connectivity index (χ0) is 19.0. The molecular weight excluding hydrogens is 336 g/mol. The van der Waals surface area contributed by atoms with E-state index in [2.05, 4.69) is 59.2 Å². The molecular formula is C22H30N4O. The van der Waals surface area contributed by atoms with Crippen molar-refractivity contribution in [2.24, 2.45) is 11.8 Å². The lowest BCUT2D eigenvalue weighted by atomic mass is 10.0. The molecule has 2 aliphatic rings. The normalized spacial score (nSPS) is 26.0. The van der Waals surface area contributed by atoms with Gasteiger partial charge in [-0.05, 0) is 62.5 Å². The molecule has 0 saturated carbocycles. The number of amides is 1. The lowest BCUT2D eigenvalue weighted by Gasteiger charge is -2.21. The minimum atomic E-state index is 0.212. The first-order valence-corrected chi connectivity index (χ1v) is 10.1. The number of rotatable bonds is 4. The first kappa shape index (κ1) is 18.2. The maximum absolute atomic E-state index is 12.5. The molecule has 0 radical (unpaired) electrons. The molecule has 2 aromatic rings. The van der Waals surface area contributed by atoms with Gasteiger partial charge in [-0.2, -0.15) is 0 Å². The highest BCUT2D eigenvalue weighted by atomic mass is 16.1. The fraction of sp³-hybridized carbons (Fsp3) is 0.545. The summed E-state index contributed by atoms with van der Waals surface area (Å²) >= 11 is 0. The van der Waals surface area contributed by atoms with Crippen LogP contribution in [0.1, 0.15) is 25.3 Å². The highest BCUT2D eigenvalue weighted by Crippen LogP contribution is 2.32. The second-order valence-corrected chi connectivity index (χ2v) is 8.48. The van der Waals surface area contributed by atoms with Crippen LogP contribution < -0.4 is 10.2 Å². The average molecular weight is 367 g/mol. The molecule has 3 atom stereocenters. The third-order valence-electron chi connectivity index (χ3n) is 6.21. The van der Waals surface area contributed by atoms with Crippen LogP contribution >= 0.6 is 0 Å². The number of aromatic nitrogens is 1. The number of pyridine rings is 1. The van der Waals surface area contributed by atoms with Crippen molar-refractivity contribution in [2.45, 2.75) is 32.7 Å². The summed E-state index contributed by atoms with van der Waals surface area (Å²) in [5, 5.41) is 4.51. The van der Waals surface area contributed by atoms with Gasteiger partial charge in [-0.25, -0.2) is 0 Å². The van der Waals surface area contributed by atoms with Crippen LogP contribution in [0, 0.1) is 18.8 Å². The number of anilines is 1. The maximum Gasteiger partial charge on any atom is 0.220 e. The van der Waals surface area contributed by atoms with Gasteiger partial charge in [-0.1, -0.05) is 13.0 Å². The standard InChI is InChI=1S/C22H30N4O/c1-15-6-7-20(18-5-4-9-23-22(15)18)26-12-16(2)19(14-26)24-21(27)11-17-8-10-25(3)13-17/h4-7,9,16-17,19H,8,10-14H2,1-3H3,(H,24,27)/t16-,17-,19+/m1/s1. The number of benzene rings is 1. The van der Waals surface area contributed by atoms with Gasteiger partial charge >= 0.3 is 0 Å². The van der Waals surface area contributed by atoms with Crippen molar-refractivity contribution in [2.75, 3.05) is 38.1 Å². The lowest BCUT2D eigenvalue weighted by Crippen LogP contribution is -2.40. The Balaban J connectivity index is 1.44. The topological polar surface area (TPSA) is 48.5 Å². The first-order valence-electron chi connectivity index (χ1n) is 10.1. The molecule has 1 amide bonds. The van der Waals surface area contributed by atoms with Gasteiger partial charge in [-0.3, -0.25) is 9.78 Å². The van der Waals surface area contributed by atoms with Crippen LogP contribution in [0.5, 0.6) is 0 Å². The number of aryl methyl sites for hydroxylation is 1. The number of hydrogen-bond acceptors (Lipinski definition) is 4. The number of nitrogens with one attached hydrogen (secondary N) is 1. The number of fused-ring (bicyclic) bond motifs is 1. The highest BCUT2D eigenvalue weighted by Gasteiger charge is 2.32. The van der Waals surface area contributed by atoms with E-state index in [-0.39, 0.29) is 11.9 Å². The Bertz CT molecular complexity index is 836. The molecule has 2 fully saturated rings. The monoisotopic (exact) mass is 366 g/mol. The van der Waals surface area contributed by atoms with Gasteiger partial charge in [0.2, 0.25) is 5.91 Å². The van der Waals surface area contributed by atoms with Crippen LogP contribution in [0.15, 0.2) is 30.5 Å². The predicted molar refractivity (Wildman–Crippen MR) is 110 cm³/mol. The summed E-state index contributed by atoms with van der Waals surface area (Å²) < 4.78 is 0. The summed E-state index contributed by atoms with van der Waals surface area (Å²) in [6.45, 7) is 8.33. The van der Waals surface area contributed by atoms with E-state index in [4.69, 9.17) is 0 Å². The molecule has 2 aliphatic heterocycles. The summed E-state index contributed by atoms with van der Waals surface area (Å²) in [7, 11) is 2.13. The Kier molecular flexibility index (Phi) is 5.04. The van der Waals surface area contributed by atoms with Gasteiger partial charge < -0.3 is 15.1 Å². The van der Waals surface area contributed by atoms with Gasteiger partial charge in [0.15, 0.2) is 0 Å². The van der Waals surface area contributed by atoms with Crippen molar-refractivity contribution < 1.29 is 4.79 Å². The molecule has 2 saturated heterocycles. The Labute approximate surface area is 161 Å². The quantitative estimate of drug-likeness (QED) is 0.904. The highest BCUT2D eigenvalue weighted by molar-refractivity contribution is 5.94. The molecule has 4 rings (SSSR count). The summed E-state index contributed by atoms with van der Waals surface area (Å²) in [6, 6.07) is 8.72. The number of nitrogens with zero attached hydrogens (tertiary/aromatic N) is 3. The van der Waals surface area contributed by atoms with Crippen LogP contribution in [0.25, 0.3) is 10.9 Å². The molecule has 0 bridgehead atoms. The largest absolute Gasteiger partial charge is 0.369 e. The minimum Gasteiger partial charge on any atom is -0.369 e. The third kappa shape index (κ3) is 3.79. The van der Waals surface area contributed by atoms with Gasteiger partial charge in [-0.15, -0.1) is 0 Å². The molecule has 0 unspecified atom stereocenters. The van der Waals surface area contributed by atoms with Crippen molar-refractivity contribution in [3.63, 3.8) is 0 Å². The van der Waals surface area contributed by atoms with E-state index in [0.29, 0.717) is 18.3 Å². The van der Waals surface area contributed by atoms with Crippen molar-refractivity contribution >= 4 is 22.5 Å². The Morgan fingerprint density at radius 1 is 1.26 bits per heavy atom. The number of hydrogen-bond donors (Lipinski definition) is 1. The molecule has 0 spiro atoms. The lowest BCUT2D eigenvalue weighted by molar-refractivity contribution is -0.122. The molecule has 1 N–H and O–H groups in total. The summed E-state index contributed by atoms with van der Waals surface area (Å²) in [4.78, 5) is 21.8. The smallest absolute Gasteiger partial charge is 0.220 e. The van der Waals surface area contributed by atoms with E-state index in [0.717, 1.165) is 38.1 Å². The fourth-order valence-electron chi connectivity index (χ4n) is 4.65. The van der Waals surface area contributed by atoms with Gasteiger partial charge in [0, 0.05) is 43.3 Å². The second-order valence-electron chi connectivity index (χ2n) is 8.48. The van der Waals surface area contributed by atoms with E-state index in [1.165, 1.54) is 16.6 Å². The maximum atomic E-state index is 12.5. The van der Waals surface area contributed by atoms with Crippen molar-refractivity contribution in [1.29, 1.82) is 0 Å². The Morgan fingerprint density at radius 2 is 2.11 bits per heavy atom. The SMILES string of the molecule is Cc1ccc(N2C[C@@H](C)[C@@H](NC(=O)C[C@H]3CCN(C)C3)C2)c2cccnc12. The van der Waals surface area contributed by atoms with E-state index < -0.39 is 0 Å². The molecule has 3 heterocycles. The molecule has 27 heavy (non-hydrogen) atoms. The van der Waals surface area contributed by atoms with E-state index in [1.54, 1.807) is 0 Å². The predicted octanol–water partition coefficient (Wildman–Crippen LogP) is 2.83. The van der Waals surface area contributed by atoms with Crippen molar-refractivity contribution in [3.8, 4) is 0 Å². The summed E-state index contributed by atoms with van der Waals surface area (Å²) in [6.07, 6.45) is 3.65. The molecule has 144 valence electrons. The van der Waals surface area contributed by atoms with Gasteiger partial charge in [0.1, 0.15) is 0 Å². The zero-order valence-corrected chi connectivity index (χ0v) is 16.6. The Hall–Kier alpha value is -2.14. The molecule has 1 aromatic heterocycles. The number of likely N-dealkylation sites (tertiary alicyclic amines) is 1. The third-order valence-corrected chi connectivity index (χ3v) is 6.21. The van der Waals surface area contributed by atoms with Crippen LogP contribution in [0.4, 0.5) is 5.69 Å². The first-order chi connectivity index (χ1) is 13.0. The van der Waals surface area contributed by atoms with Crippen LogP contribution in [-0.4, -0.2) is 55.1 Å². The Morgan fingerprint density at radius 3 is 2.89 bits per heavy atom.